The van der Waals surface area contributed by atoms with Crippen LogP contribution in [0.2, 0.25) is 0 Å². The summed E-state index contributed by atoms with van der Waals surface area (Å²) < 4.78 is 27.0. The predicted octanol–water partition coefficient (Wildman–Crippen LogP) is 5.56. The SMILES string of the molecule is C/C=S(/NC(C)=O)c1ccc(-c2cccc(-c3ccnc(CNC(=O)c4ccc(C)c(S(C)(=O)=O)c4)c3)c2)cc1. The summed E-state index contributed by atoms with van der Waals surface area (Å²) in [4.78, 5) is 29.8. The topological polar surface area (TPSA) is 105 Å². The second kappa shape index (κ2) is 12.4. The minimum atomic E-state index is -3.44. The van der Waals surface area contributed by atoms with Crippen molar-refractivity contribution >= 4 is 37.7 Å². The van der Waals surface area contributed by atoms with E-state index in [1.165, 1.54) is 13.0 Å². The van der Waals surface area contributed by atoms with Crippen molar-refractivity contribution in [2.24, 2.45) is 0 Å². The van der Waals surface area contributed by atoms with Crippen molar-refractivity contribution < 1.29 is 18.0 Å². The fourth-order valence-electron chi connectivity index (χ4n) is 4.25. The Labute approximate surface area is 237 Å². The number of hydrogen-bond acceptors (Lipinski definition) is 5. The first-order chi connectivity index (χ1) is 19.0. The molecule has 0 aliphatic carbocycles. The Morgan fingerprint density at radius 1 is 0.900 bits per heavy atom. The van der Waals surface area contributed by atoms with Gasteiger partial charge in [-0.25, -0.2) is 8.42 Å². The first kappa shape index (κ1) is 28.9. The Balaban J connectivity index is 1.50. The van der Waals surface area contributed by atoms with Crippen molar-refractivity contribution in [3.63, 3.8) is 0 Å². The summed E-state index contributed by atoms with van der Waals surface area (Å²) in [6, 6.07) is 24.8. The molecule has 0 saturated heterocycles. The molecule has 206 valence electrons. The van der Waals surface area contributed by atoms with E-state index in [1.54, 1.807) is 25.3 Å². The lowest BCUT2D eigenvalue weighted by atomic mass is 9.99. The molecule has 4 rings (SSSR count). The number of nitrogens with one attached hydrogen (secondary N) is 2. The number of amides is 2. The van der Waals surface area contributed by atoms with Gasteiger partial charge in [-0.2, -0.15) is 0 Å². The number of aromatic nitrogens is 1. The van der Waals surface area contributed by atoms with E-state index in [0.717, 1.165) is 33.4 Å². The summed E-state index contributed by atoms with van der Waals surface area (Å²) in [5.74, 6) is -0.435. The van der Waals surface area contributed by atoms with Gasteiger partial charge in [-0.05, 0) is 89.5 Å². The molecular weight excluding hydrogens is 542 g/mol. The van der Waals surface area contributed by atoms with Gasteiger partial charge in [0.05, 0.1) is 17.1 Å². The van der Waals surface area contributed by atoms with Crippen molar-refractivity contribution in [2.75, 3.05) is 6.26 Å². The molecule has 40 heavy (non-hydrogen) atoms. The summed E-state index contributed by atoms with van der Waals surface area (Å²) in [6.07, 6.45) is 2.84. The van der Waals surface area contributed by atoms with Crippen LogP contribution in [0, 0.1) is 6.92 Å². The quantitative estimate of drug-likeness (QED) is 0.269. The number of rotatable bonds is 8. The van der Waals surface area contributed by atoms with Gasteiger partial charge in [0.25, 0.3) is 5.91 Å². The normalized spacial score (nSPS) is 12.1. The molecule has 9 heteroatoms. The molecule has 0 aliphatic rings. The van der Waals surface area contributed by atoms with E-state index in [0.29, 0.717) is 11.3 Å². The highest BCUT2D eigenvalue weighted by atomic mass is 32.2. The summed E-state index contributed by atoms with van der Waals surface area (Å²) in [5, 5.41) is 4.82. The van der Waals surface area contributed by atoms with E-state index in [4.69, 9.17) is 0 Å². The molecule has 0 fully saturated rings. The van der Waals surface area contributed by atoms with Gasteiger partial charge in [-0.3, -0.25) is 14.6 Å². The van der Waals surface area contributed by atoms with Gasteiger partial charge < -0.3 is 10.0 Å². The van der Waals surface area contributed by atoms with E-state index in [1.807, 2.05) is 66.9 Å². The largest absolute Gasteiger partial charge is 0.346 e. The van der Waals surface area contributed by atoms with Crippen LogP contribution in [0.5, 0.6) is 0 Å². The highest BCUT2D eigenvalue weighted by molar-refractivity contribution is 8.13. The van der Waals surface area contributed by atoms with Gasteiger partial charge in [0.15, 0.2) is 9.84 Å². The average molecular weight is 574 g/mol. The molecule has 3 aromatic carbocycles. The van der Waals surface area contributed by atoms with Gasteiger partial charge in [0.2, 0.25) is 5.91 Å². The molecular formula is C31H31N3O4S2. The molecule has 1 atom stereocenters. The first-order valence-electron chi connectivity index (χ1n) is 12.6. The van der Waals surface area contributed by atoms with Crippen molar-refractivity contribution in [3.05, 3.63) is 102 Å². The van der Waals surface area contributed by atoms with Crippen LogP contribution >= 0.6 is 10.7 Å². The number of pyridine rings is 1. The number of aryl methyl sites for hydroxylation is 1. The maximum atomic E-state index is 12.7. The third-order valence-electron chi connectivity index (χ3n) is 6.22. The zero-order valence-electron chi connectivity index (χ0n) is 22.8. The predicted molar refractivity (Wildman–Crippen MR) is 162 cm³/mol. The molecule has 4 aromatic rings. The lowest BCUT2D eigenvalue weighted by molar-refractivity contribution is -0.117. The van der Waals surface area contributed by atoms with Gasteiger partial charge in [-0.15, -0.1) is 0 Å². The number of hydrogen-bond donors (Lipinski definition) is 2. The lowest BCUT2D eigenvalue weighted by Crippen LogP contribution is -2.23. The van der Waals surface area contributed by atoms with Gasteiger partial charge in [0.1, 0.15) is 0 Å². The Morgan fingerprint density at radius 3 is 2.23 bits per heavy atom. The van der Waals surface area contributed by atoms with Crippen LogP contribution in [0.4, 0.5) is 0 Å². The fraction of sp³-hybridized carbons (Fsp3) is 0.161. The van der Waals surface area contributed by atoms with Gasteiger partial charge in [0, 0.05) is 29.8 Å². The van der Waals surface area contributed by atoms with Crippen molar-refractivity contribution in [1.29, 1.82) is 0 Å². The molecule has 2 N–H and O–H groups in total. The number of carbonyl (C=O) groups excluding carboxylic acids is 2. The zero-order chi connectivity index (χ0) is 28.9. The number of sulfone groups is 1. The molecule has 0 radical (unpaired) electrons. The van der Waals surface area contributed by atoms with E-state index >= 15 is 0 Å². The monoisotopic (exact) mass is 573 g/mol. The Kier molecular flexibility index (Phi) is 8.96. The molecule has 1 unspecified atom stereocenters. The summed E-state index contributed by atoms with van der Waals surface area (Å²) in [7, 11) is -3.88. The molecule has 0 bridgehead atoms. The van der Waals surface area contributed by atoms with E-state index < -0.39 is 20.5 Å². The molecule has 1 heterocycles. The highest BCUT2D eigenvalue weighted by Gasteiger charge is 2.15. The molecule has 0 spiro atoms. The maximum Gasteiger partial charge on any atom is 0.251 e. The van der Waals surface area contributed by atoms with Crippen molar-refractivity contribution in [3.8, 4) is 22.3 Å². The van der Waals surface area contributed by atoms with Crippen molar-refractivity contribution in [2.45, 2.75) is 37.1 Å². The maximum absolute atomic E-state index is 12.7. The van der Waals surface area contributed by atoms with Crippen LogP contribution in [0.3, 0.4) is 0 Å². The Bertz CT molecular complexity index is 1710. The number of nitrogens with zero attached hydrogens (tertiary/aromatic N) is 1. The van der Waals surface area contributed by atoms with E-state index in [-0.39, 0.29) is 28.8 Å². The van der Waals surface area contributed by atoms with E-state index in [9.17, 15) is 18.0 Å². The number of carbonyl (C=O) groups is 2. The fourth-order valence-corrected chi connectivity index (χ4v) is 6.49. The zero-order valence-corrected chi connectivity index (χ0v) is 24.4. The lowest BCUT2D eigenvalue weighted by Gasteiger charge is -2.11. The third kappa shape index (κ3) is 7.11. The Hall–Kier alpha value is -4.08. The van der Waals surface area contributed by atoms with Crippen LogP contribution in [0.1, 0.15) is 35.5 Å². The van der Waals surface area contributed by atoms with Crippen LogP contribution in [-0.2, 0) is 21.2 Å². The van der Waals surface area contributed by atoms with Crippen molar-refractivity contribution in [1.82, 2.24) is 15.0 Å². The second-order valence-corrected chi connectivity index (χ2v) is 13.1. The minimum absolute atomic E-state index is 0.0641. The first-order valence-corrected chi connectivity index (χ1v) is 15.8. The van der Waals surface area contributed by atoms with Gasteiger partial charge in [-0.1, -0.05) is 47.1 Å². The van der Waals surface area contributed by atoms with E-state index in [2.05, 4.69) is 21.1 Å². The molecule has 1 aromatic heterocycles. The smallest absolute Gasteiger partial charge is 0.251 e. The average Bonchev–Trinajstić information content (AvgIpc) is 2.94. The molecule has 0 saturated carbocycles. The molecule has 0 aliphatic heterocycles. The van der Waals surface area contributed by atoms with Crippen LogP contribution < -0.4 is 10.0 Å². The minimum Gasteiger partial charge on any atom is -0.346 e. The summed E-state index contributed by atoms with van der Waals surface area (Å²) >= 11 is 0. The van der Waals surface area contributed by atoms with Crippen LogP contribution in [0.25, 0.3) is 22.3 Å². The third-order valence-corrected chi connectivity index (χ3v) is 9.22. The molecule has 2 amide bonds. The summed E-state index contributed by atoms with van der Waals surface area (Å²) in [6.45, 7) is 5.34. The number of benzene rings is 3. The molecule has 7 nitrogen and oxygen atoms in total. The van der Waals surface area contributed by atoms with Gasteiger partial charge >= 0.3 is 0 Å². The second-order valence-electron chi connectivity index (χ2n) is 9.31. The standard InChI is InChI=1S/C31H31N3O4S2/c1-5-39(34-22(3)35)29-13-11-23(12-14-29)24-7-6-8-25(17-24)26-15-16-32-28(18-26)20-33-31(36)27-10-9-21(2)30(19-27)40(4,37)38/h5-19H,20H2,1-4H3,(H,33,36)(H,34,35). The van der Waals surface area contributed by atoms with Crippen LogP contribution in [0.15, 0.2) is 94.9 Å². The van der Waals surface area contributed by atoms with Crippen LogP contribution in [-0.4, -0.2) is 36.8 Å². The Morgan fingerprint density at radius 2 is 1.57 bits per heavy atom. The summed E-state index contributed by atoms with van der Waals surface area (Å²) in [5.41, 5.74) is 5.63. The highest BCUT2D eigenvalue weighted by Crippen LogP contribution is 2.29.